The van der Waals surface area contributed by atoms with Crippen molar-refractivity contribution in [2.75, 3.05) is 18.1 Å². The van der Waals surface area contributed by atoms with Crippen molar-refractivity contribution < 1.29 is 23.5 Å². The van der Waals surface area contributed by atoms with Gasteiger partial charge in [-0.1, -0.05) is 18.2 Å². The summed E-state index contributed by atoms with van der Waals surface area (Å²) in [5.41, 5.74) is 1.98. The van der Waals surface area contributed by atoms with Crippen LogP contribution >= 0.6 is 0 Å². The van der Waals surface area contributed by atoms with Crippen LogP contribution in [0.1, 0.15) is 29.5 Å². The highest BCUT2D eigenvalue weighted by atomic mass is 16.5. The fourth-order valence-electron chi connectivity index (χ4n) is 3.00. The quantitative estimate of drug-likeness (QED) is 0.799. The van der Waals surface area contributed by atoms with Crippen LogP contribution in [0.4, 0.5) is 5.69 Å². The van der Waals surface area contributed by atoms with E-state index in [1.54, 1.807) is 11.0 Å². The molecule has 0 unspecified atom stereocenters. The lowest BCUT2D eigenvalue weighted by Gasteiger charge is -2.22. The molecule has 0 fully saturated rings. The first kappa shape index (κ1) is 17.7. The van der Waals surface area contributed by atoms with Crippen LogP contribution in [-0.2, 0) is 20.7 Å². The van der Waals surface area contributed by atoms with Crippen LogP contribution in [0, 0.1) is 0 Å². The minimum Gasteiger partial charge on any atom is -0.459 e. The average Bonchev–Trinajstić information content (AvgIpc) is 3.26. The molecule has 7 heteroatoms. The van der Waals surface area contributed by atoms with Gasteiger partial charge in [-0.15, -0.1) is 0 Å². The number of ether oxygens (including phenoxy) is 1. The molecule has 7 nitrogen and oxygen atoms in total. The second-order valence-electron chi connectivity index (χ2n) is 6.09. The molecule has 0 spiro atoms. The smallest absolute Gasteiger partial charge is 0.308 e. The molecule has 136 valence electrons. The summed E-state index contributed by atoms with van der Waals surface area (Å²) in [6, 6.07) is 10.9. The van der Waals surface area contributed by atoms with Gasteiger partial charge in [-0.3, -0.25) is 14.4 Å². The summed E-state index contributed by atoms with van der Waals surface area (Å²) in [5.74, 6) is -1.02. The first-order valence-corrected chi connectivity index (χ1v) is 8.43. The Morgan fingerprint density at radius 2 is 2.04 bits per heavy atom. The number of benzene rings is 1. The second-order valence-corrected chi connectivity index (χ2v) is 6.09. The zero-order chi connectivity index (χ0) is 18.5. The van der Waals surface area contributed by atoms with Gasteiger partial charge in [-0.05, 0) is 37.1 Å². The molecule has 0 aliphatic carbocycles. The van der Waals surface area contributed by atoms with E-state index in [9.17, 15) is 14.4 Å². The van der Waals surface area contributed by atoms with E-state index < -0.39 is 11.9 Å². The van der Waals surface area contributed by atoms with Gasteiger partial charge in [0.25, 0.3) is 11.8 Å². The summed E-state index contributed by atoms with van der Waals surface area (Å²) in [7, 11) is 0. The molecular weight excluding hydrogens is 336 g/mol. The van der Waals surface area contributed by atoms with Crippen LogP contribution in [0.15, 0.2) is 47.1 Å². The third-order valence-electron chi connectivity index (χ3n) is 4.19. The number of rotatable bonds is 6. The molecule has 2 heterocycles. The molecule has 1 aromatic heterocycles. The summed E-state index contributed by atoms with van der Waals surface area (Å²) in [6.07, 6.45) is 2.16. The lowest BCUT2D eigenvalue weighted by atomic mass is 10.1. The molecule has 1 N–H and O–H groups in total. The van der Waals surface area contributed by atoms with Crippen molar-refractivity contribution in [3.05, 3.63) is 54.0 Å². The Labute approximate surface area is 150 Å². The number of anilines is 1. The molecule has 0 saturated carbocycles. The largest absolute Gasteiger partial charge is 0.459 e. The molecule has 3 rings (SSSR count). The molecule has 26 heavy (non-hydrogen) atoms. The number of carbonyl (C=O) groups is 3. The van der Waals surface area contributed by atoms with Gasteiger partial charge in [-0.2, -0.15) is 0 Å². The number of hydrogen-bond acceptors (Lipinski definition) is 5. The topological polar surface area (TPSA) is 88.9 Å². The minimum absolute atomic E-state index is 0.0220. The number of carbonyl (C=O) groups excluding carboxylic acids is 3. The number of para-hydroxylation sites is 1. The van der Waals surface area contributed by atoms with Gasteiger partial charge in [0.2, 0.25) is 0 Å². The Morgan fingerprint density at radius 1 is 1.23 bits per heavy atom. The molecule has 0 bridgehead atoms. The predicted octanol–water partition coefficient (Wildman–Crippen LogP) is 1.92. The van der Waals surface area contributed by atoms with Gasteiger partial charge >= 0.3 is 5.97 Å². The highest BCUT2D eigenvalue weighted by Crippen LogP contribution is 2.31. The number of hydrogen-bond donors (Lipinski definition) is 1. The van der Waals surface area contributed by atoms with Crippen LogP contribution in [0.25, 0.3) is 0 Å². The number of nitrogens with one attached hydrogen (secondary N) is 1. The van der Waals surface area contributed by atoms with E-state index >= 15 is 0 Å². The van der Waals surface area contributed by atoms with Gasteiger partial charge in [0, 0.05) is 18.3 Å². The summed E-state index contributed by atoms with van der Waals surface area (Å²) in [6.45, 7) is 1.75. The summed E-state index contributed by atoms with van der Waals surface area (Å²) >= 11 is 0. The van der Waals surface area contributed by atoms with Gasteiger partial charge in [0.1, 0.15) is 0 Å². The Kier molecular flexibility index (Phi) is 5.36. The lowest BCUT2D eigenvalue weighted by molar-refractivity contribution is -0.147. The summed E-state index contributed by atoms with van der Waals surface area (Å²) in [4.78, 5) is 37.5. The van der Waals surface area contributed by atoms with Gasteiger partial charge in [0.05, 0.1) is 12.7 Å². The molecular formula is C19H20N2O5. The highest BCUT2D eigenvalue weighted by Gasteiger charge is 2.30. The van der Waals surface area contributed by atoms with E-state index in [0.717, 1.165) is 17.7 Å². The van der Waals surface area contributed by atoms with E-state index in [4.69, 9.17) is 9.15 Å². The fraction of sp³-hybridized carbons (Fsp3) is 0.316. The summed E-state index contributed by atoms with van der Waals surface area (Å²) < 4.78 is 10.00. The van der Waals surface area contributed by atoms with Gasteiger partial charge < -0.3 is 19.4 Å². The zero-order valence-electron chi connectivity index (χ0n) is 14.4. The molecule has 0 saturated heterocycles. The second kappa shape index (κ2) is 7.86. The van der Waals surface area contributed by atoms with Crippen molar-refractivity contribution in [1.29, 1.82) is 0 Å². The number of furan rings is 1. The fourth-order valence-corrected chi connectivity index (χ4v) is 3.00. The normalized spacial score (nSPS) is 15.4. The van der Waals surface area contributed by atoms with Crippen LogP contribution < -0.4 is 10.2 Å². The molecule has 1 aliphatic heterocycles. The van der Waals surface area contributed by atoms with E-state index in [1.165, 1.54) is 12.3 Å². The first-order valence-electron chi connectivity index (χ1n) is 8.43. The van der Waals surface area contributed by atoms with Crippen molar-refractivity contribution in [1.82, 2.24) is 5.32 Å². The highest BCUT2D eigenvalue weighted by molar-refractivity contribution is 5.97. The van der Waals surface area contributed by atoms with Crippen molar-refractivity contribution >= 4 is 23.5 Å². The van der Waals surface area contributed by atoms with Crippen LogP contribution in [0.2, 0.25) is 0 Å². The standard InChI is InChI=1S/C19H20N2O5/c1-13-11-14-5-2-3-6-15(14)21(13)17(22)12-26-18(23)8-9-20-19(24)16-7-4-10-25-16/h2-7,10,13H,8-9,11-12H2,1H3,(H,20,24)/t13-/m0/s1. The molecule has 0 radical (unpaired) electrons. The predicted molar refractivity (Wildman–Crippen MR) is 93.7 cm³/mol. The van der Waals surface area contributed by atoms with E-state index in [1.807, 2.05) is 31.2 Å². The molecule has 1 aromatic carbocycles. The van der Waals surface area contributed by atoms with Gasteiger partial charge in [0.15, 0.2) is 12.4 Å². The minimum atomic E-state index is -0.543. The zero-order valence-corrected chi connectivity index (χ0v) is 14.4. The van der Waals surface area contributed by atoms with Gasteiger partial charge in [-0.25, -0.2) is 0 Å². The molecule has 1 aliphatic rings. The maximum Gasteiger partial charge on any atom is 0.308 e. The summed E-state index contributed by atoms with van der Waals surface area (Å²) in [5, 5.41) is 2.55. The Bertz CT molecular complexity index is 800. The van der Waals surface area contributed by atoms with Crippen molar-refractivity contribution in [2.45, 2.75) is 25.8 Å². The van der Waals surface area contributed by atoms with Crippen molar-refractivity contribution in [3.63, 3.8) is 0 Å². The van der Waals surface area contributed by atoms with Crippen molar-refractivity contribution in [2.24, 2.45) is 0 Å². The first-order chi connectivity index (χ1) is 12.6. The maximum atomic E-state index is 12.4. The number of esters is 1. The molecule has 2 amide bonds. The van der Waals surface area contributed by atoms with Crippen LogP contribution in [-0.4, -0.2) is 37.0 Å². The Morgan fingerprint density at radius 3 is 2.81 bits per heavy atom. The third-order valence-corrected chi connectivity index (χ3v) is 4.19. The Hall–Kier alpha value is -3.09. The number of amides is 2. The average molecular weight is 356 g/mol. The Balaban J connectivity index is 1.43. The monoisotopic (exact) mass is 356 g/mol. The van der Waals surface area contributed by atoms with Crippen molar-refractivity contribution in [3.8, 4) is 0 Å². The SMILES string of the molecule is C[C@H]1Cc2ccccc2N1C(=O)COC(=O)CCNC(=O)c1ccco1. The third kappa shape index (κ3) is 3.93. The molecule has 2 aromatic rings. The van der Waals surface area contributed by atoms with E-state index in [0.29, 0.717) is 0 Å². The molecule has 1 atom stereocenters. The lowest BCUT2D eigenvalue weighted by Crippen LogP contribution is -2.39. The van der Waals surface area contributed by atoms with Crippen LogP contribution in [0.3, 0.4) is 0 Å². The number of fused-ring (bicyclic) bond motifs is 1. The number of nitrogens with zero attached hydrogens (tertiary/aromatic N) is 1. The maximum absolute atomic E-state index is 12.4. The van der Waals surface area contributed by atoms with E-state index in [-0.39, 0.29) is 37.3 Å². The van der Waals surface area contributed by atoms with Crippen LogP contribution in [0.5, 0.6) is 0 Å². The van der Waals surface area contributed by atoms with E-state index in [2.05, 4.69) is 5.32 Å².